The first-order chi connectivity index (χ1) is 12.2. The highest BCUT2D eigenvalue weighted by Gasteiger charge is 2.27. The first-order valence-corrected chi connectivity index (χ1v) is 9.41. The summed E-state index contributed by atoms with van der Waals surface area (Å²) in [6.45, 7) is 2.23. The van der Waals surface area contributed by atoms with Gasteiger partial charge < -0.3 is 9.15 Å². The van der Waals surface area contributed by atoms with E-state index in [2.05, 4.69) is 6.92 Å². The van der Waals surface area contributed by atoms with Gasteiger partial charge >= 0.3 is 11.6 Å². The summed E-state index contributed by atoms with van der Waals surface area (Å²) in [4.78, 5) is 23.6. The fraction of sp³-hybridized carbons (Fsp3) is 0.524. The van der Waals surface area contributed by atoms with Gasteiger partial charge in [-0.05, 0) is 55.9 Å². The molecule has 0 N–H and O–H groups in total. The quantitative estimate of drug-likeness (QED) is 0.318. The molecule has 1 saturated carbocycles. The van der Waals surface area contributed by atoms with E-state index < -0.39 is 0 Å². The van der Waals surface area contributed by atoms with E-state index in [-0.39, 0.29) is 17.5 Å². The number of carbonyl (C=O) groups is 1. The van der Waals surface area contributed by atoms with Crippen LogP contribution in [0.2, 0.25) is 0 Å². The molecule has 25 heavy (non-hydrogen) atoms. The number of carbonyl (C=O) groups excluding carboxylic acids is 1. The molecular formula is C21H26O4. The van der Waals surface area contributed by atoms with Gasteiger partial charge in [0.25, 0.3) is 0 Å². The number of rotatable bonds is 6. The van der Waals surface area contributed by atoms with Crippen molar-refractivity contribution in [2.24, 2.45) is 11.8 Å². The smallest absolute Gasteiger partial charge is 0.336 e. The van der Waals surface area contributed by atoms with Crippen molar-refractivity contribution in [3.05, 3.63) is 40.8 Å². The molecule has 1 aliphatic rings. The minimum atomic E-state index is -0.382. The third kappa shape index (κ3) is 4.71. The van der Waals surface area contributed by atoms with Gasteiger partial charge in [0.1, 0.15) is 11.3 Å². The Morgan fingerprint density at radius 1 is 1.12 bits per heavy atom. The molecule has 3 rings (SSSR count). The Morgan fingerprint density at radius 3 is 2.68 bits per heavy atom. The van der Waals surface area contributed by atoms with Gasteiger partial charge in [-0.2, -0.15) is 0 Å². The average Bonchev–Trinajstić information content (AvgIpc) is 2.62. The van der Waals surface area contributed by atoms with E-state index in [4.69, 9.17) is 9.15 Å². The number of hydrogen-bond acceptors (Lipinski definition) is 4. The van der Waals surface area contributed by atoms with E-state index in [1.807, 2.05) is 0 Å². The predicted molar refractivity (Wildman–Crippen MR) is 97.7 cm³/mol. The minimum Gasteiger partial charge on any atom is -0.426 e. The van der Waals surface area contributed by atoms with E-state index in [0.29, 0.717) is 11.3 Å². The molecular weight excluding hydrogens is 316 g/mol. The Kier molecular flexibility index (Phi) is 5.90. The molecule has 4 heteroatoms. The second-order valence-electron chi connectivity index (χ2n) is 7.09. The van der Waals surface area contributed by atoms with Crippen LogP contribution in [0.4, 0.5) is 0 Å². The maximum atomic E-state index is 12.4. The Balaban J connectivity index is 1.54. The summed E-state index contributed by atoms with van der Waals surface area (Å²) in [5, 5.41) is 0.754. The van der Waals surface area contributed by atoms with Gasteiger partial charge in [-0.25, -0.2) is 4.79 Å². The predicted octanol–water partition coefficient (Wildman–Crippen LogP) is 5.09. The lowest BCUT2D eigenvalue weighted by Crippen LogP contribution is -2.25. The van der Waals surface area contributed by atoms with Gasteiger partial charge in [-0.1, -0.05) is 32.6 Å². The maximum Gasteiger partial charge on any atom is 0.336 e. The number of hydrogen-bond donors (Lipinski definition) is 0. The lowest BCUT2D eigenvalue weighted by Gasteiger charge is -2.27. The Morgan fingerprint density at radius 2 is 1.92 bits per heavy atom. The van der Waals surface area contributed by atoms with Crippen LogP contribution in [0, 0.1) is 11.8 Å². The van der Waals surface area contributed by atoms with Gasteiger partial charge in [-0.15, -0.1) is 0 Å². The van der Waals surface area contributed by atoms with E-state index in [1.54, 1.807) is 24.3 Å². The van der Waals surface area contributed by atoms with Crippen LogP contribution < -0.4 is 10.4 Å². The average molecular weight is 342 g/mol. The third-order valence-corrected chi connectivity index (χ3v) is 5.21. The summed E-state index contributed by atoms with van der Waals surface area (Å²) in [6, 6.07) is 8.14. The number of benzene rings is 1. The molecule has 0 unspecified atom stereocenters. The maximum absolute atomic E-state index is 12.4. The highest BCUT2D eigenvalue weighted by atomic mass is 16.5. The number of ether oxygens (including phenoxy) is 1. The minimum absolute atomic E-state index is 0.00632. The van der Waals surface area contributed by atoms with Crippen LogP contribution in [0.5, 0.6) is 5.75 Å². The van der Waals surface area contributed by atoms with Crippen molar-refractivity contribution in [2.45, 2.75) is 58.3 Å². The molecule has 1 aromatic heterocycles. The van der Waals surface area contributed by atoms with Gasteiger partial charge in [-0.3, -0.25) is 4.79 Å². The molecule has 0 bridgehead atoms. The highest BCUT2D eigenvalue weighted by Crippen LogP contribution is 2.33. The molecule has 1 aliphatic carbocycles. The molecule has 1 heterocycles. The van der Waals surface area contributed by atoms with E-state index in [9.17, 15) is 9.59 Å². The lowest BCUT2D eigenvalue weighted by atomic mass is 9.80. The van der Waals surface area contributed by atoms with Crippen LogP contribution in [0.1, 0.15) is 58.3 Å². The summed E-state index contributed by atoms with van der Waals surface area (Å²) in [7, 11) is 0. The van der Waals surface area contributed by atoms with Crippen LogP contribution in [0.3, 0.4) is 0 Å². The zero-order valence-corrected chi connectivity index (χ0v) is 14.8. The summed E-state index contributed by atoms with van der Waals surface area (Å²) >= 11 is 0. The molecule has 0 spiro atoms. The summed E-state index contributed by atoms with van der Waals surface area (Å²) in [5.74, 6) is 1.16. The molecule has 0 radical (unpaired) electrons. The van der Waals surface area contributed by atoms with E-state index >= 15 is 0 Å². The van der Waals surface area contributed by atoms with Gasteiger partial charge in [0.05, 0.1) is 5.92 Å². The normalized spacial score (nSPS) is 20.5. The Labute approximate surface area is 148 Å². The molecule has 1 fully saturated rings. The van der Waals surface area contributed by atoms with Gasteiger partial charge in [0.15, 0.2) is 0 Å². The molecule has 2 aromatic rings. The lowest BCUT2D eigenvalue weighted by molar-refractivity contribution is -0.140. The molecule has 0 saturated heterocycles. The topological polar surface area (TPSA) is 56.5 Å². The van der Waals surface area contributed by atoms with E-state index in [1.165, 1.54) is 31.7 Å². The monoisotopic (exact) mass is 342 g/mol. The Bertz CT molecular complexity index is 769. The van der Waals surface area contributed by atoms with Gasteiger partial charge in [0, 0.05) is 11.5 Å². The first kappa shape index (κ1) is 17.7. The van der Waals surface area contributed by atoms with Crippen molar-refractivity contribution < 1.29 is 13.9 Å². The number of esters is 1. The summed E-state index contributed by atoms with van der Waals surface area (Å²) < 4.78 is 10.7. The highest BCUT2D eigenvalue weighted by molar-refractivity contribution is 5.80. The summed E-state index contributed by atoms with van der Waals surface area (Å²) in [5.41, 5.74) is 0.118. The van der Waals surface area contributed by atoms with Crippen molar-refractivity contribution in [1.29, 1.82) is 0 Å². The zero-order valence-electron chi connectivity index (χ0n) is 14.8. The van der Waals surface area contributed by atoms with Crippen LogP contribution in [0.25, 0.3) is 11.0 Å². The fourth-order valence-corrected chi connectivity index (χ4v) is 3.68. The van der Waals surface area contributed by atoms with Gasteiger partial charge in [0.2, 0.25) is 0 Å². The van der Waals surface area contributed by atoms with Crippen molar-refractivity contribution in [1.82, 2.24) is 0 Å². The third-order valence-electron chi connectivity index (χ3n) is 5.21. The number of unbranched alkanes of at least 4 members (excludes halogenated alkanes) is 2. The number of fused-ring (bicyclic) bond motifs is 1. The zero-order chi connectivity index (χ0) is 17.6. The molecule has 0 atom stereocenters. The van der Waals surface area contributed by atoms with Crippen molar-refractivity contribution in [3.63, 3.8) is 0 Å². The first-order valence-electron chi connectivity index (χ1n) is 9.41. The molecule has 134 valence electrons. The molecule has 1 aromatic carbocycles. The molecule has 4 nitrogen and oxygen atoms in total. The Hall–Kier alpha value is -2.10. The van der Waals surface area contributed by atoms with Crippen molar-refractivity contribution in [3.8, 4) is 5.75 Å². The largest absolute Gasteiger partial charge is 0.426 e. The molecule has 0 amide bonds. The second kappa shape index (κ2) is 8.32. The standard InChI is InChI=1S/C21H26O4/c1-2-3-4-5-15-6-8-16(9-7-15)21(23)24-18-11-12-19-17(14-18)10-13-20(22)25-19/h10-16H,2-9H2,1H3. The van der Waals surface area contributed by atoms with E-state index in [0.717, 1.165) is 37.0 Å². The van der Waals surface area contributed by atoms with Crippen LogP contribution >= 0.6 is 0 Å². The van der Waals surface area contributed by atoms with Crippen LogP contribution in [-0.4, -0.2) is 5.97 Å². The second-order valence-corrected chi connectivity index (χ2v) is 7.09. The van der Waals surface area contributed by atoms with Crippen molar-refractivity contribution in [2.75, 3.05) is 0 Å². The molecule has 0 aliphatic heterocycles. The van der Waals surface area contributed by atoms with Crippen molar-refractivity contribution >= 4 is 16.9 Å². The SMILES string of the molecule is CCCCCC1CCC(C(=O)Oc2ccc3oc(=O)ccc3c2)CC1. The fourth-order valence-electron chi connectivity index (χ4n) is 3.68. The van der Waals surface area contributed by atoms with Crippen LogP contribution in [0.15, 0.2) is 39.5 Å². The summed E-state index contributed by atoms with van der Waals surface area (Å²) in [6.07, 6.45) is 9.30. The van der Waals surface area contributed by atoms with Crippen LogP contribution in [-0.2, 0) is 4.79 Å².